The summed E-state index contributed by atoms with van der Waals surface area (Å²) < 4.78 is 1.99. The van der Waals surface area contributed by atoms with Crippen LogP contribution in [0.4, 0.5) is 0 Å². The van der Waals surface area contributed by atoms with Gasteiger partial charge in [-0.15, -0.1) is 0 Å². The van der Waals surface area contributed by atoms with Gasteiger partial charge in [0.2, 0.25) is 0 Å². The summed E-state index contributed by atoms with van der Waals surface area (Å²) in [4.78, 5) is 11.0. The van der Waals surface area contributed by atoms with Gasteiger partial charge in [0.05, 0.1) is 5.56 Å². The molecule has 0 radical (unpaired) electrons. The van der Waals surface area contributed by atoms with E-state index in [0.717, 1.165) is 19.4 Å². The lowest BCUT2D eigenvalue weighted by Crippen LogP contribution is -2.27. The van der Waals surface area contributed by atoms with Crippen LogP contribution in [0.15, 0.2) is 48.8 Å². The van der Waals surface area contributed by atoms with Gasteiger partial charge in [-0.3, -0.25) is 0 Å². The highest BCUT2D eigenvalue weighted by atomic mass is 16.4. The van der Waals surface area contributed by atoms with Crippen molar-refractivity contribution in [2.75, 3.05) is 0 Å². The molecular weight excluding hydrogens is 262 g/mol. The molecular formula is C18H23NO2. The van der Waals surface area contributed by atoms with Crippen LogP contribution in [-0.4, -0.2) is 15.6 Å². The van der Waals surface area contributed by atoms with Crippen LogP contribution in [0.3, 0.4) is 0 Å². The highest BCUT2D eigenvalue weighted by Crippen LogP contribution is 2.31. The molecule has 1 heterocycles. The number of carboxylic acid groups (broad SMARTS) is 1. The molecule has 3 nitrogen and oxygen atoms in total. The summed E-state index contributed by atoms with van der Waals surface area (Å²) in [5.74, 6) is -0.872. The van der Waals surface area contributed by atoms with Gasteiger partial charge in [-0.2, -0.15) is 0 Å². The molecule has 3 heteroatoms. The second-order valence-electron chi connectivity index (χ2n) is 5.91. The maximum atomic E-state index is 11.0. The third-order valence-electron chi connectivity index (χ3n) is 4.08. The molecule has 0 aliphatic heterocycles. The first-order chi connectivity index (χ1) is 10.0. The minimum atomic E-state index is -0.872. The summed E-state index contributed by atoms with van der Waals surface area (Å²) in [6, 6.07) is 12.2. The molecule has 21 heavy (non-hydrogen) atoms. The van der Waals surface area contributed by atoms with Gasteiger partial charge in [0.15, 0.2) is 0 Å². The van der Waals surface area contributed by atoms with Crippen LogP contribution in [0.2, 0.25) is 0 Å². The van der Waals surface area contributed by atoms with Crippen molar-refractivity contribution in [3.8, 4) is 0 Å². The second kappa shape index (κ2) is 6.61. The largest absolute Gasteiger partial charge is 0.478 e. The van der Waals surface area contributed by atoms with Crippen molar-refractivity contribution in [2.24, 2.45) is 0 Å². The van der Waals surface area contributed by atoms with Gasteiger partial charge >= 0.3 is 5.97 Å². The molecule has 0 fully saturated rings. The van der Waals surface area contributed by atoms with Crippen LogP contribution in [0.25, 0.3) is 0 Å². The van der Waals surface area contributed by atoms with Gasteiger partial charge in [-0.1, -0.05) is 57.0 Å². The average molecular weight is 285 g/mol. The average Bonchev–Trinajstić information content (AvgIpc) is 2.95. The zero-order valence-electron chi connectivity index (χ0n) is 12.7. The highest BCUT2D eigenvalue weighted by Gasteiger charge is 2.26. The smallest absolute Gasteiger partial charge is 0.337 e. The van der Waals surface area contributed by atoms with Crippen LogP contribution in [0.5, 0.6) is 0 Å². The number of unbranched alkanes of at least 4 members (excludes halogenated alkanes) is 1. The fraction of sp³-hybridized carbons (Fsp3) is 0.389. The summed E-state index contributed by atoms with van der Waals surface area (Å²) >= 11 is 0. The molecule has 2 aromatic rings. The molecule has 1 N–H and O–H groups in total. The number of aromatic carboxylic acids is 1. The van der Waals surface area contributed by atoms with Crippen molar-refractivity contribution in [1.82, 2.24) is 4.57 Å². The predicted molar refractivity (Wildman–Crippen MR) is 84.7 cm³/mol. The lowest BCUT2D eigenvalue weighted by atomic mass is 9.78. The standard InChI is InChI=1S/C18H23NO2/c1-3-4-11-18(2,16-8-6-5-7-9-16)14-19-12-10-15(13-19)17(20)21/h5-10,12-13H,3-4,11,14H2,1-2H3,(H,20,21)/t18-/m0/s1. The minimum Gasteiger partial charge on any atom is -0.478 e. The summed E-state index contributed by atoms with van der Waals surface area (Å²) in [5, 5.41) is 9.04. The van der Waals surface area contributed by atoms with E-state index in [-0.39, 0.29) is 5.41 Å². The number of carboxylic acids is 1. The molecule has 0 spiro atoms. The van der Waals surface area contributed by atoms with Crippen LogP contribution >= 0.6 is 0 Å². The van der Waals surface area contributed by atoms with Crippen LogP contribution in [-0.2, 0) is 12.0 Å². The quantitative estimate of drug-likeness (QED) is 0.822. The van der Waals surface area contributed by atoms with Gasteiger partial charge in [-0.25, -0.2) is 4.79 Å². The van der Waals surface area contributed by atoms with E-state index in [9.17, 15) is 4.79 Å². The summed E-state index contributed by atoms with van der Waals surface area (Å²) in [7, 11) is 0. The summed E-state index contributed by atoms with van der Waals surface area (Å²) in [6.45, 7) is 5.26. The molecule has 1 aromatic heterocycles. The molecule has 0 aliphatic rings. The normalized spacial score (nSPS) is 13.8. The Morgan fingerprint density at radius 2 is 1.95 bits per heavy atom. The monoisotopic (exact) mass is 285 g/mol. The molecule has 0 bridgehead atoms. The molecule has 0 amide bonds. The molecule has 1 atom stereocenters. The molecule has 1 aromatic carbocycles. The number of hydrogen-bond donors (Lipinski definition) is 1. The molecule has 112 valence electrons. The lowest BCUT2D eigenvalue weighted by molar-refractivity contribution is 0.0696. The molecule has 0 aliphatic carbocycles. The van der Waals surface area contributed by atoms with Gasteiger partial charge in [-0.05, 0) is 18.1 Å². The Kier molecular flexibility index (Phi) is 4.84. The highest BCUT2D eigenvalue weighted by molar-refractivity contribution is 5.87. The number of carbonyl (C=O) groups is 1. The van der Waals surface area contributed by atoms with Gasteiger partial charge in [0.25, 0.3) is 0 Å². The number of benzene rings is 1. The Labute approximate surface area is 126 Å². The maximum Gasteiger partial charge on any atom is 0.337 e. The van der Waals surface area contributed by atoms with Crippen molar-refractivity contribution in [3.05, 3.63) is 59.9 Å². The first-order valence-electron chi connectivity index (χ1n) is 7.50. The van der Waals surface area contributed by atoms with E-state index >= 15 is 0 Å². The van der Waals surface area contributed by atoms with Gasteiger partial charge in [0, 0.05) is 24.4 Å². The van der Waals surface area contributed by atoms with Crippen molar-refractivity contribution < 1.29 is 9.90 Å². The molecule has 0 unspecified atom stereocenters. The summed E-state index contributed by atoms with van der Waals surface area (Å²) in [6.07, 6.45) is 6.99. The first-order valence-corrected chi connectivity index (χ1v) is 7.50. The Balaban J connectivity index is 2.25. The first kappa shape index (κ1) is 15.4. The third kappa shape index (κ3) is 3.75. The van der Waals surface area contributed by atoms with Gasteiger partial charge < -0.3 is 9.67 Å². The second-order valence-corrected chi connectivity index (χ2v) is 5.91. The molecule has 2 rings (SSSR count). The third-order valence-corrected chi connectivity index (χ3v) is 4.08. The Hall–Kier alpha value is -2.03. The van der Waals surface area contributed by atoms with E-state index in [1.54, 1.807) is 12.3 Å². The Morgan fingerprint density at radius 3 is 2.52 bits per heavy atom. The van der Waals surface area contributed by atoms with Crippen molar-refractivity contribution in [1.29, 1.82) is 0 Å². The van der Waals surface area contributed by atoms with E-state index < -0.39 is 5.97 Å². The minimum absolute atomic E-state index is 0.0199. The van der Waals surface area contributed by atoms with Crippen molar-refractivity contribution in [2.45, 2.75) is 45.1 Å². The van der Waals surface area contributed by atoms with Crippen molar-refractivity contribution in [3.63, 3.8) is 0 Å². The topological polar surface area (TPSA) is 42.2 Å². The maximum absolute atomic E-state index is 11.0. The van der Waals surface area contributed by atoms with E-state index in [4.69, 9.17) is 5.11 Å². The SMILES string of the molecule is CCCC[C@@](C)(Cn1ccc(C(=O)O)c1)c1ccccc1. The Morgan fingerprint density at radius 1 is 1.24 bits per heavy atom. The zero-order chi connectivity index (χ0) is 15.3. The number of aromatic nitrogens is 1. The molecule has 0 saturated heterocycles. The van der Waals surface area contributed by atoms with Crippen molar-refractivity contribution >= 4 is 5.97 Å². The van der Waals surface area contributed by atoms with Crippen LogP contribution in [0, 0.1) is 0 Å². The predicted octanol–water partition coefficient (Wildman–Crippen LogP) is 4.33. The van der Waals surface area contributed by atoms with E-state index in [1.807, 2.05) is 16.8 Å². The number of hydrogen-bond acceptors (Lipinski definition) is 1. The van der Waals surface area contributed by atoms with Crippen LogP contribution < -0.4 is 0 Å². The summed E-state index contributed by atoms with van der Waals surface area (Å²) in [5.41, 5.74) is 1.68. The Bertz CT molecular complexity index is 588. The fourth-order valence-corrected chi connectivity index (χ4v) is 2.79. The number of nitrogens with zero attached hydrogens (tertiary/aromatic N) is 1. The number of rotatable bonds is 7. The lowest BCUT2D eigenvalue weighted by Gasteiger charge is -2.31. The van der Waals surface area contributed by atoms with E-state index in [2.05, 4.69) is 38.1 Å². The zero-order valence-corrected chi connectivity index (χ0v) is 12.7. The van der Waals surface area contributed by atoms with E-state index in [0.29, 0.717) is 5.56 Å². The van der Waals surface area contributed by atoms with E-state index in [1.165, 1.54) is 12.0 Å². The fourth-order valence-electron chi connectivity index (χ4n) is 2.79. The van der Waals surface area contributed by atoms with Crippen LogP contribution in [0.1, 0.15) is 49.0 Å². The van der Waals surface area contributed by atoms with Gasteiger partial charge in [0.1, 0.15) is 0 Å². The molecule has 0 saturated carbocycles.